The van der Waals surface area contributed by atoms with Gasteiger partial charge in [-0.3, -0.25) is 9.69 Å². The van der Waals surface area contributed by atoms with Crippen LogP contribution < -0.4 is 0 Å². The number of fused-ring (bicyclic) bond motifs is 2. The number of rotatable bonds is 9. The molecule has 3 atom stereocenters. The van der Waals surface area contributed by atoms with Gasteiger partial charge in [0, 0.05) is 18.0 Å². The zero-order chi connectivity index (χ0) is 19.7. The van der Waals surface area contributed by atoms with Gasteiger partial charge < -0.3 is 4.74 Å². The molecule has 2 aliphatic heterocycles. The van der Waals surface area contributed by atoms with E-state index in [-0.39, 0.29) is 0 Å². The molecule has 3 fully saturated rings. The van der Waals surface area contributed by atoms with E-state index in [9.17, 15) is 4.79 Å². The lowest BCUT2D eigenvalue weighted by molar-refractivity contribution is -0.119. The van der Waals surface area contributed by atoms with Crippen LogP contribution >= 0.6 is 0 Å². The molecule has 3 nitrogen and oxygen atoms in total. The fraction of sp³-hybridized carbons (Fsp3) is 0.708. The summed E-state index contributed by atoms with van der Waals surface area (Å²) in [5, 5.41) is 0. The monoisotopic (exact) mass is 371 g/mol. The summed E-state index contributed by atoms with van der Waals surface area (Å²) in [5.74, 6) is 3.84. The third-order valence-corrected chi connectivity index (χ3v) is 6.68. The van der Waals surface area contributed by atoms with Gasteiger partial charge in [0.1, 0.15) is 11.5 Å². The first kappa shape index (κ1) is 20.4. The minimum Gasteiger partial charge on any atom is -0.462 e. The predicted molar refractivity (Wildman–Crippen MR) is 111 cm³/mol. The highest BCUT2D eigenvalue weighted by Gasteiger charge is 2.41. The van der Waals surface area contributed by atoms with E-state index >= 15 is 0 Å². The number of allylic oxidation sites excluding steroid dienone is 3. The van der Waals surface area contributed by atoms with Crippen molar-refractivity contribution in [3.8, 4) is 0 Å². The van der Waals surface area contributed by atoms with E-state index in [4.69, 9.17) is 4.74 Å². The summed E-state index contributed by atoms with van der Waals surface area (Å²) in [5.41, 5.74) is 2.31. The van der Waals surface area contributed by atoms with Crippen molar-refractivity contribution >= 4 is 5.78 Å². The Morgan fingerprint density at radius 3 is 2.15 bits per heavy atom. The van der Waals surface area contributed by atoms with E-state index in [1.165, 1.54) is 44.1 Å². The Morgan fingerprint density at radius 1 is 1.07 bits per heavy atom. The minimum absolute atomic E-state index is 0.299. The molecule has 1 aliphatic carbocycles. The normalized spacial score (nSPS) is 28.5. The van der Waals surface area contributed by atoms with Crippen LogP contribution in [-0.2, 0) is 9.53 Å². The lowest BCUT2D eigenvalue weighted by atomic mass is 9.81. The number of hydrogen-bond donors (Lipinski definition) is 0. The Kier molecular flexibility index (Phi) is 6.30. The first-order valence-corrected chi connectivity index (χ1v) is 10.7. The molecular weight excluding hydrogens is 334 g/mol. The first-order chi connectivity index (χ1) is 12.8. The Balaban J connectivity index is 1.57. The number of carbonyl (C=O) groups is 1. The third kappa shape index (κ3) is 4.93. The van der Waals surface area contributed by atoms with E-state index in [1.807, 2.05) is 0 Å². The van der Waals surface area contributed by atoms with E-state index in [1.54, 1.807) is 6.92 Å². The SMILES string of the molecule is C=C(C(OC(=C)C1CC1)=C(C)C)C(C)CC1CC2CCC(C1)N2CC(C)=O. The van der Waals surface area contributed by atoms with Crippen molar-refractivity contribution in [1.29, 1.82) is 0 Å². The van der Waals surface area contributed by atoms with Gasteiger partial charge in [0.2, 0.25) is 0 Å². The molecule has 2 saturated heterocycles. The van der Waals surface area contributed by atoms with E-state index in [0.717, 1.165) is 29.4 Å². The minimum atomic E-state index is 0.299. The number of hydrogen-bond acceptors (Lipinski definition) is 3. The Hall–Kier alpha value is -1.35. The van der Waals surface area contributed by atoms with Crippen LogP contribution in [0.5, 0.6) is 0 Å². The second-order valence-corrected chi connectivity index (χ2v) is 9.43. The molecule has 0 amide bonds. The van der Waals surface area contributed by atoms with Crippen LogP contribution in [0.15, 0.2) is 35.8 Å². The van der Waals surface area contributed by atoms with Crippen molar-refractivity contribution in [2.75, 3.05) is 6.54 Å². The first-order valence-electron chi connectivity index (χ1n) is 10.7. The highest BCUT2D eigenvalue weighted by molar-refractivity contribution is 5.77. The van der Waals surface area contributed by atoms with Crippen molar-refractivity contribution in [1.82, 2.24) is 4.90 Å². The maximum atomic E-state index is 11.6. The van der Waals surface area contributed by atoms with Gasteiger partial charge in [0.15, 0.2) is 0 Å². The van der Waals surface area contributed by atoms with Gasteiger partial charge in [0.05, 0.1) is 12.3 Å². The van der Waals surface area contributed by atoms with Crippen LogP contribution in [-0.4, -0.2) is 29.3 Å². The van der Waals surface area contributed by atoms with Crippen LogP contribution in [0, 0.1) is 17.8 Å². The molecular formula is C24H37NO2. The molecule has 3 heteroatoms. The fourth-order valence-electron chi connectivity index (χ4n) is 5.07. The smallest absolute Gasteiger partial charge is 0.143 e. The quantitative estimate of drug-likeness (QED) is 0.388. The van der Waals surface area contributed by atoms with Gasteiger partial charge in [0.25, 0.3) is 0 Å². The van der Waals surface area contributed by atoms with Crippen molar-refractivity contribution < 1.29 is 9.53 Å². The largest absolute Gasteiger partial charge is 0.462 e. The van der Waals surface area contributed by atoms with Gasteiger partial charge in [-0.2, -0.15) is 0 Å². The van der Waals surface area contributed by atoms with E-state index < -0.39 is 0 Å². The van der Waals surface area contributed by atoms with Crippen molar-refractivity contribution in [2.24, 2.45) is 17.8 Å². The Morgan fingerprint density at radius 2 is 1.67 bits per heavy atom. The number of ketones is 1. The molecule has 0 radical (unpaired) electrons. The second kappa shape index (κ2) is 8.34. The second-order valence-electron chi connectivity index (χ2n) is 9.43. The van der Waals surface area contributed by atoms with Crippen LogP contribution in [0.4, 0.5) is 0 Å². The van der Waals surface area contributed by atoms with E-state index in [2.05, 4.69) is 38.8 Å². The van der Waals surface area contributed by atoms with Gasteiger partial charge in [-0.05, 0) is 88.7 Å². The molecule has 0 N–H and O–H groups in total. The molecule has 0 aromatic rings. The van der Waals surface area contributed by atoms with Gasteiger partial charge in [-0.15, -0.1) is 0 Å². The highest BCUT2D eigenvalue weighted by atomic mass is 16.5. The molecule has 0 spiro atoms. The molecule has 150 valence electrons. The summed E-state index contributed by atoms with van der Waals surface area (Å²) in [4.78, 5) is 14.1. The molecule has 0 aromatic carbocycles. The summed E-state index contributed by atoms with van der Waals surface area (Å²) in [6, 6.07) is 1.21. The van der Waals surface area contributed by atoms with Crippen molar-refractivity contribution in [3.63, 3.8) is 0 Å². The number of Topliss-reactive ketones (excluding diaryl/α,β-unsaturated/α-hetero) is 1. The van der Waals surface area contributed by atoms with Gasteiger partial charge in [-0.25, -0.2) is 0 Å². The number of carbonyl (C=O) groups excluding carboxylic acids is 1. The number of nitrogens with zero attached hydrogens (tertiary/aromatic N) is 1. The summed E-state index contributed by atoms with van der Waals surface area (Å²) in [6.45, 7) is 17.4. The summed E-state index contributed by atoms with van der Waals surface area (Å²) < 4.78 is 6.16. The van der Waals surface area contributed by atoms with E-state index in [0.29, 0.717) is 36.2 Å². The van der Waals surface area contributed by atoms with Gasteiger partial charge in [-0.1, -0.05) is 20.1 Å². The summed E-state index contributed by atoms with van der Waals surface area (Å²) >= 11 is 0. The molecule has 3 rings (SSSR count). The highest BCUT2D eigenvalue weighted by Crippen LogP contribution is 2.43. The third-order valence-electron chi connectivity index (χ3n) is 6.68. The average molecular weight is 372 g/mol. The molecule has 0 aromatic heterocycles. The topological polar surface area (TPSA) is 29.5 Å². The van der Waals surface area contributed by atoms with Crippen molar-refractivity contribution in [3.05, 3.63) is 35.8 Å². The Bertz CT molecular complexity index is 625. The van der Waals surface area contributed by atoms with Crippen molar-refractivity contribution in [2.45, 2.75) is 84.7 Å². The zero-order valence-electron chi connectivity index (χ0n) is 17.7. The average Bonchev–Trinajstić information content (AvgIpc) is 3.40. The molecule has 3 unspecified atom stereocenters. The maximum absolute atomic E-state index is 11.6. The maximum Gasteiger partial charge on any atom is 0.143 e. The molecule has 1 saturated carbocycles. The standard InChI is InChI=1S/C24H37NO2/c1-15(2)24(27-19(6)21-7-8-21)18(5)16(3)11-20-12-22-9-10-23(13-20)25(22)14-17(4)26/h16,20-23H,5-14H2,1-4H3. The number of piperidine rings is 1. The van der Waals surface area contributed by atoms with Crippen LogP contribution in [0.2, 0.25) is 0 Å². The molecule has 27 heavy (non-hydrogen) atoms. The van der Waals surface area contributed by atoms with Crippen LogP contribution in [0.25, 0.3) is 0 Å². The van der Waals surface area contributed by atoms with Crippen LogP contribution in [0.3, 0.4) is 0 Å². The molecule has 2 heterocycles. The lowest BCUT2D eigenvalue weighted by Crippen LogP contribution is -2.45. The zero-order valence-corrected chi connectivity index (χ0v) is 17.7. The predicted octanol–water partition coefficient (Wildman–Crippen LogP) is 5.64. The van der Waals surface area contributed by atoms with Gasteiger partial charge >= 0.3 is 0 Å². The summed E-state index contributed by atoms with van der Waals surface area (Å²) in [7, 11) is 0. The molecule has 3 aliphatic rings. The number of ether oxygens (including phenoxy) is 1. The Labute approximate surface area is 165 Å². The lowest BCUT2D eigenvalue weighted by Gasteiger charge is -2.39. The van der Waals surface area contributed by atoms with Crippen LogP contribution in [0.1, 0.15) is 72.6 Å². The fourth-order valence-corrected chi connectivity index (χ4v) is 5.07. The molecule has 2 bridgehead atoms. The summed E-state index contributed by atoms with van der Waals surface area (Å²) in [6.07, 6.45) is 8.54.